The smallest absolute Gasteiger partial charge is 0.0459 e. The Kier molecular flexibility index (Phi) is 7.08. The summed E-state index contributed by atoms with van der Waals surface area (Å²) >= 11 is 0. The molecule has 90 valence electrons. The molecule has 0 radical (unpaired) electrons. The summed E-state index contributed by atoms with van der Waals surface area (Å²) in [7, 11) is 0. The average Bonchev–Trinajstić information content (AvgIpc) is 2.32. The van der Waals surface area contributed by atoms with Crippen molar-refractivity contribution in [2.45, 2.75) is 71.1 Å². The first-order valence-corrected chi connectivity index (χ1v) is 6.93. The fourth-order valence-corrected chi connectivity index (χ4v) is 2.68. The van der Waals surface area contributed by atoms with Crippen LogP contribution in [-0.2, 0) is 0 Å². The van der Waals surface area contributed by atoms with Gasteiger partial charge in [0.25, 0.3) is 0 Å². The highest BCUT2D eigenvalue weighted by Gasteiger charge is 2.10. The third-order valence-electron chi connectivity index (χ3n) is 3.88. The Bertz CT molecular complexity index is 132. The zero-order valence-corrected chi connectivity index (χ0v) is 10.4. The number of rotatable bonds is 1. The largest absolute Gasteiger partial charge is 0.396 e. The molecule has 1 heteroatoms. The molecule has 2 saturated carbocycles. The van der Waals surface area contributed by atoms with Gasteiger partial charge >= 0.3 is 0 Å². The van der Waals surface area contributed by atoms with Gasteiger partial charge in [-0.2, -0.15) is 0 Å². The highest BCUT2D eigenvalue weighted by atomic mass is 16.3. The summed E-state index contributed by atoms with van der Waals surface area (Å²) in [6.45, 7) is 2.78. The van der Waals surface area contributed by atoms with Crippen molar-refractivity contribution in [1.82, 2.24) is 0 Å². The van der Waals surface area contributed by atoms with Crippen LogP contribution in [0.2, 0.25) is 0 Å². The lowest BCUT2D eigenvalue weighted by atomic mass is 9.90. The lowest BCUT2D eigenvalue weighted by Crippen LogP contribution is -2.09. The van der Waals surface area contributed by atoms with E-state index in [1.54, 1.807) is 0 Å². The highest BCUT2D eigenvalue weighted by molar-refractivity contribution is 4.63. The van der Waals surface area contributed by atoms with Crippen molar-refractivity contribution in [3.8, 4) is 0 Å². The fraction of sp³-hybridized carbons (Fsp3) is 1.00. The fourth-order valence-electron chi connectivity index (χ4n) is 2.68. The van der Waals surface area contributed by atoms with Crippen molar-refractivity contribution in [2.24, 2.45) is 11.8 Å². The number of aliphatic hydroxyl groups excluding tert-OH is 1. The first kappa shape index (κ1) is 13.0. The molecule has 0 atom stereocenters. The molecule has 0 heterocycles. The predicted molar refractivity (Wildman–Crippen MR) is 65.9 cm³/mol. The van der Waals surface area contributed by atoms with Crippen LogP contribution in [0.5, 0.6) is 0 Å². The van der Waals surface area contributed by atoms with Crippen molar-refractivity contribution < 1.29 is 5.11 Å². The maximum Gasteiger partial charge on any atom is 0.0459 e. The molecule has 0 amide bonds. The van der Waals surface area contributed by atoms with Crippen molar-refractivity contribution in [3.63, 3.8) is 0 Å². The van der Waals surface area contributed by atoms with Gasteiger partial charge in [-0.15, -0.1) is 0 Å². The highest BCUT2D eigenvalue weighted by Crippen LogP contribution is 2.22. The summed E-state index contributed by atoms with van der Waals surface area (Å²) in [5.74, 6) is 1.68. The van der Waals surface area contributed by atoms with Crippen LogP contribution < -0.4 is 0 Å². The number of hydrogen-bond donors (Lipinski definition) is 1. The summed E-state index contributed by atoms with van der Waals surface area (Å²) in [4.78, 5) is 0. The van der Waals surface area contributed by atoms with Crippen LogP contribution in [0, 0.1) is 11.8 Å². The minimum atomic E-state index is 0.417. The Balaban J connectivity index is 0.000000151. The van der Waals surface area contributed by atoms with E-state index in [1.807, 2.05) is 0 Å². The van der Waals surface area contributed by atoms with Crippen molar-refractivity contribution in [3.05, 3.63) is 0 Å². The summed E-state index contributed by atoms with van der Waals surface area (Å²) < 4.78 is 0. The SMILES string of the molecule is CC1CCCCC1.OCC1CCCCC1. The van der Waals surface area contributed by atoms with Gasteiger partial charge in [0.2, 0.25) is 0 Å². The molecule has 0 spiro atoms. The Labute approximate surface area is 95.3 Å². The third kappa shape index (κ3) is 6.19. The van der Waals surface area contributed by atoms with Crippen molar-refractivity contribution >= 4 is 0 Å². The topological polar surface area (TPSA) is 20.2 Å². The Morgan fingerprint density at radius 2 is 1.27 bits per heavy atom. The molecule has 1 N–H and O–H groups in total. The molecule has 0 aromatic rings. The first-order valence-electron chi connectivity index (χ1n) is 6.93. The van der Waals surface area contributed by atoms with E-state index < -0.39 is 0 Å². The quantitative estimate of drug-likeness (QED) is 0.692. The summed E-state index contributed by atoms with van der Waals surface area (Å²) in [6, 6.07) is 0. The Morgan fingerprint density at radius 1 is 0.800 bits per heavy atom. The van der Waals surface area contributed by atoms with Gasteiger partial charge in [0.05, 0.1) is 0 Å². The zero-order valence-electron chi connectivity index (χ0n) is 10.4. The van der Waals surface area contributed by atoms with E-state index in [1.165, 1.54) is 64.2 Å². The lowest BCUT2D eigenvalue weighted by Gasteiger charge is -2.18. The van der Waals surface area contributed by atoms with Crippen LogP contribution in [0.4, 0.5) is 0 Å². The molecule has 0 aromatic heterocycles. The number of aliphatic hydroxyl groups is 1. The van der Waals surface area contributed by atoms with Gasteiger partial charge < -0.3 is 5.11 Å². The first-order chi connectivity index (χ1) is 7.33. The van der Waals surface area contributed by atoms with Crippen LogP contribution >= 0.6 is 0 Å². The second-order valence-corrected chi connectivity index (χ2v) is 5.43. The van der Waals surface area contributed by atoms with Crippen LogP contribution in [0.25, 0.3) is 0 Å². The van der Waals surface area contributed by atoms with Gasteiger partial charge in [-0.05, 0) is 24.7 Å². The second-order valence-electron chi connectivity index (χ2n) is 5.43. The molecule has 2 aliphatic carbocycles. The molecule has 0 unspecified atom stereocenters. The van der Waals surface area contributed by atoms with E-state index in [2.05, 4.69) is 6.92 Å². The monoisotopic (exact) mass is 212 g/mol. The van der Waals surface area contributed by atoms with E-state index in [0.717, 1.165) is 5.92 Å². The third-order valence-corrected chi connectivity index (χ3v) is 3.88. The lowest BCUT2D eigenvalue weighted by molar-refractivity contribution is 0.190. The van der Waals surface area contributed by atoms with Crippen LogP contribution in [-0.4, -0.2) is 11.7 Å². The molecule has 15 heavy (non-hydrogen) atoms. The maximum atomic E-state index is 8.69. The van der Waals surface area contributed by atoms with E-state index in [9.17, 15) is 0 Å². The molecule has 2 rings (SSSR count). The minimum Gasteiger partial charge on any atom is -0.396 e. The van der Waals surface area contributed by atoms with Crippen molar-refractivity contribution in [2.75, 3.05) is 6.61 Å². The second kappa shape index (κ2) is 8.15. The number of hydrogen-bond acceptors (Lipinski definition) is 1. The summed E-state index contributed by atoms with van der Waals surface area (Å²) in [5, 5.41) is 8.69. The normalized spacial score (nSPS) is 24.4. The average molecular weight is 212 g/mol. The van der Waals surface area contributed by atoms with Gasteiger partial charge in [0.15, 0.2) is 0 Å². The van der Waals surface area contributed by atoms with Crippen LogP contribution in [0.15, 0.2) is 0 Å². The molecule has 0 bridgehead atoms. The molecular formula is C14H28O. The van der Waals surface area contributed by atoms with Crippen molar-refractivity contribution in [1.29, 1.82) is 0 Å². The van der Waals surface area contributed by atoms with Gasteiger partial charge in [0, 0.05) is 6.61 Å². The molecular weight excluding hydrogens is 184 g/mol. The molecule has 2 aliphatic rings. The molecule has 2 fully saturated rings. The Morgan fingerprint density at radius 3 is 1.53 bits per heavy atom. The van der Waals surface area contributed by atoms with Crippen LogP contribution in [0.3, 0.4) is 0 Å². The van der Waals surface area contributed by atoms with Gasteiger partial charge in [-0.1, -0.05) is 58.3 Å². The minimum absolute atomic E-state index is 0.417. The van der Waals surface area contributed by atoms with E-state index >= 15 is 0 Å². The standard InChI is InChI=1S/C7H14O.C7H14/c8-6-7-4-2-1-3-5-7;1-7-5-3-2-4-6-7/h7-8H,1-6H2;7H,2-6H2,1H3. The predicted octanol–water partition coefficient (Wildman–Crippen LogP) is 4.15. The van der Waals surface area contributed by atoms with Gasteiger partial charge in [-0.25, -0.2) is 0 Å². The van der Waals surface area contributed by atoms with Crippen LogP contribution in [0.1, 0.15) is 71.1 Å². The zero-order chi connectivity index (χ0) is 10.9. The Hall–Kier alpha value is -0.0400. The maximum absolute atomic E-state index is 8.69. The summed E-state index contributed by atoms with van der Waals surface area (Å²) in [5.41, 5.74) is 0. The molecule has 1 nitrogen and oxygen atoms in total. The molecule has 0 aliphatic heterocycles. The van der Waals surface area contributed by atoms with E-state index in [0.29, 0.717) is 12.5 Å². The molecule has 0 aromatic carbocycles. The summed E-state index contributed by atoms with van der Waals surface area (Å²) in [6.07, 6.45) is 14.0. The van der Waals surface area contributed by atoms with E-state index in [4.69, 9.17) is 5.11 Å². The van der Waals surface area contributed by atoms with E-state index in [-0.39, 0.29) is 0 Å². The van der Waals surface area contributed by atoms with Gasteiger partial charge in [-0.3, -0.25) is 0 Å². The molecule has 0 saturated heterocycles. The van der Waals surface area contributed by atoms with Gasteiger partial charge in [0.1, 0.15) is 0 Å².